The van der Waals surface area contributed by atoms with Gasteiger partial charge in [0.1, 0.15) is 28.8 Å². The van der Waals surface area contributed by atoms with E-state index in [1.807, 2.05) is 29.1 Å². The van der Waals surface area contributed by atoms with Gasteiger partial charge in [0.2, 0.25) is 5.60 Å². The van der Waals surface area contributed by atoms with Crippen LogP contribution in [-0.2, 0) is 41.9 Å². The first-order valence-corrected chi connectivity index (χ1v) is 20.0. The molecule has 2 amide bonds. The molecule has 0 saturated carbocycles. The number of aromatic nitrogens is 3. The number of benzene rings is 1. The van der Waals surface area contributed by atoms with E-state index in [2.05, 4.69) is 26.3 Å². The highest BCUT2D eigenvalue weighted by Crippen LogP contribution is 2.40. The first-order chi connectivity index (χ1) is 27.7. The van der Waals surface area contributed by atoms with Crippen molar-refractivity contribution in [1.82, 2.24) is 30.6 Å². The van der Waals surface area contributed by atoms with Crippen molar-refractivity contribution in [1.29, 1.82) is 5.41 Å². The van der Waals surface area contributed by atoms with Crippen LogP contribution in [0.5, 0.6) is 0 Å². The summed E-state index contributed by atoms with van der Waals surface area (Å²) in [7, 11) is 0. The fraction of sp³-hybridized carbons (Fsp3) is 0.351. The van der Waals surface area contributed by atoms with Crippen molar-refractivity contribution >= 4 is 74.4 Å². The average Bonchev–Trinajstić information content (AvgIpc) is 3.81. The predicted octanol–water partition coefficient (Wildman–Crippen LogP) is 0.441. The number of nitrogens with zero attached hydrogens (tertiary/aromatic N) is 5. The maximum Gasteiger partial charge on any atom is 0.350 e. The van der Waals surface area contributed by atoms with Gasteiger partial charge in [0.15, 0.2) is 29.8 Å². The summed E-state index contributed by atoms with van der Waals surface area (Å²) in [5.74, 6) is -4.79. The number of carbonyl (C=O) groups excluding carboxylic acids is 3. The van der Waals surface area contributed by atoms with Crippen LogP contribution in [0.1, 0.15) is 43.5 Å². The second-order valence-electron chi connectivity index (χ2n) is 14.3. The van der Waals surface area contributed by atoms with Crippen molar-refractivity contribution in [3.05, 3.63) is 88.2 Å². The maximum atomic E-state index is 15.3. The van der Waals surface area contributed by atoms with E-state index in [0.717, 1.165) is 53.1 Å². The summed E-state index contributed by atoms with van der Waals surface area (Å²) in [6.07, 6.45) is 7.01. The number of piperidine rings is 1. The Morgan fingerprint density at radius 3 is 2.71 bits per heavy atom. The Labute approximate surface area is 338 Å². The zero-order chi connectivity index (χ0) is 41.3. The average molecular weight is 835 g/mol. The molecule has 18 nitrogen and oxygen atoms in total. The molecule has 6 heterocycles. The van der Waals surface area contributed by atoms with Gasteiger partial charge in [-0.15, -0.1) is 23.1 Å². The number of rotatable bonds is 14. The Morgan fingerprint density at radius 1 is 1.24 bits per heavy atom. The number of halogens is 1. The van der Waals surface area contributed by atoms with Crippen LogP contribution in [0, 0.1) is 11.2 Å². The number of thiazole rings is 1. The van der Waals surface area contributed by atoms with E-state index in [-0.39, 0.29) is 47.3 Å². The van der Waals surface area contributed by atoms with E-state index >= 15 is 4.39 Å². The largest absolute Gasteiger partial charge is 0.543 e. The second-order valence-corrected chi connectivity index (χ2v) is 16.3. The minimum Gasteiger partial charge on any atom is -0.543 e. The predicted molar refractivity (Wildman–Crippen MR) is 207 cm³/mol. The van der Waals surface area contributed by atoms with Gasteiger partial charge in [-0.25, -0.2) is 24.2 Å². The van der Waals surface area contributed by atoms with E-state index in [1.165, 1.54) is 37.1 Å². The molecule has 304 valence electrons. The Balaban J connectivity index is 1.02. The molecule has 0 unspecified atom stereocenters. The SMILES string of the molecule is CC(C)(O/N=C(\C(=O)N[C@@H]1C(=O)N2C(C(=O)[O-])=C(C[n+]3ccc4c(ccn4Cc4ccc(C(=N)NOC5CCNCC5)cc4F)c3)CS[C@H]12)c1csc(N)n1)C(=O)O. The van der Waals surface area contributed by atoms with E-state index in [9.17, 15) is 29.4 Å². The lowest BCUT2D eigenvalue weighted by atomic mass is 10.0. The van der Waals surface area contributed by atoms with Crippen LogP contribution < -0.4 is 31.5 Å². The van der Waals surface area contributed by atoms with Crippen LogP contribution in [0.2, 0.25) is 0 Å². The first kappa shape index (κ1) is 40.3. The first-order valence-electron chi connectivity index (χ1n) is 18.1. The summed E-state index contributed by atoms with van der Waals surface area (Å²) in [6.45, 7) is 4.48. The van der Waals surface area contributed by atoms with Crippen molar-refractivity contribution in [2.45, 2.75) is 62.9 Å². The number of nitrogens with one attached hydrogen (secondary N) is 4. The fourth-order valence-electron chi connectivity index (χ4n) is 6.58. The number of hydrogen-bond donors (Lipinski definition) is 6. The molecule has 2 atom stereocenters. The molecule has 2 saturated heterocycles. The minimum atomic E-state index is -1.80. The summed E-state index contributed by atoms with van der Waals surface area (Å²) in [5.41, 5.74) is 7.85. The molecule has 0 bridgehead atoms. The molecule has 7 rings (SSSR count). The van der Waals surface area contributed by atoms with Crippen LogP contribution in [0.3, 0.4) is 0 Å². The molecule has 7 N–H and O–H groups in total. The highest BCUT2D eigenvalue weighted by molar-refractivity contribution is 8.00. The van der Waals surface area contributed by atoms with Gasteiger partial charge in [0.25, 0.3) is 11.8 Å². The van der Waals surface area contributed by atoms with Crippen LogP contribution in [0.4, 0.5) is 9.52 Å². The van der Waals surface area contributed by atoms with Crippen molar-refractivity contribution in [2.24, 2.45) is 5.16 Å². The minimum absolute atomic E-state index is 0.00588. The van der Waals surface area contributed by atoms with Gasteiger partial charge in [-0.2, -0.15) is 0 Å². The van der Waals surface area contributed by atoms with E-state index in [4.69, 9.17) is 20.8 Å². The second kappa shape index (κ2) is 16.5. The molecule has 58 heavy (non-hydrogen) atoms. The van der Waals surface area contributed by atoms with Gasteiger partial charge in [0.05, 0.1) is 35.2 Å². The molecule has 1 aromatic carbocycles. The standard InChI is InChI=1S/C37H39FN10O8S2/c1-37(2,35(53)54)56-44-27(25-18-58-36(40)42-25)31(49)43-28-32(50)48-29(34(51)52)22(17-57-33(28)48)15-46-11-8-26-21(14-46)7-12-47(26)16-20-4-3-19(13-24(20)38)30(39)45-55-23-5-9-41-10-6-23/h3-4,7-8,11-14,18,23,28,33,41H,5-6,9-10,15-17H2,1-2H3,(H6-,39,40,42,43,45,49,51,52,53,54)/b44-27-/t28-,33-/m1/s1. The quantitative estimate of drug-likeness (QED) is 0.0332. The van der Waals surface area contributed by atoms with E-state index in [1.54, 1.807) is 22.9 Å². The Kier molecular flexibility index (Phi) is 11.5. The number of hydrogen-bond acceptors (Lipinski definition) is 14. The lowest BCUT2D eigenvalue weighted by Crippen LogP contribution is -2.71. The van der Waals surface area contributed by atoms with Gasteiger partial charge < -0.3 is 40.8 Å². The number of β-lactam (4-membered cyclic amide) rings is 1. The molecule has 0 aliphatic carbocycles. The number of thioether (sulfide) groups is 1. The molecule has 0 radical (unpaired) electrons. The highest BCUT2D eigenvalue weighted by Gasteiger charge is 2.53. The number of oxime groups is 1. The van der Waals surface area contributed by atoms with Crippen LogP contribution in [-0.4, -0.2) is 96.8 Å². The van der Waals surface area contributed by atoms with Gasteiger partial charge in [-0.05, 0) is 51.9 Å². The third kappa shape index (κ3) is 8.37. The number of aliphatic carboxylic acids is 2. The smallest absolute Gasteiger partial charge is 0.350 e. The zero-order valence-corrected chi connectivity index (χ0v) is 32.8. The number of amides is 2. The number of carbonyl (C=O) groups is 4. The molecule has 3 aromatic heterocycles. The zero-order valence-electron chi connectivity index (χ0n) is 31.2. The van der Waals surface area contributed by atoms with Crippen molar-refractivity contribution in [3.8, 4) is 0 Å². The Hall–Kier alpha value is -5.90. The summed E-state index contributed by atoms with van der Waals surface area (Å²) in [6, 6.07) is 7.14. The molecule has 2 fully saturated rings. The normalized spacial score (nSPS) is 18.8. The third-order valence-electron chi connectivity index (χ3n) is 9.82. The third-order valence-corrected chi connectivity index (χ3v) is 11.8. The van der Waals surface area contributed by atoms with Crippen molar-refractivity contribution < 1.29 is 48.0 Å². The lowest BCUT2D eigenvalue weighted by Gasteiger charge is -2.50. The number of pyridine rings is 1. The molecule has 3 aliphatic heterocycles. The molecular weight excluding hydrogens is 796 g/mol. The van der Waals surface area contributed by atoms with Crippen molar-refractivity contribution in [2.75, 3.05) is 24.6 Å². The lowest BCUT2D eigenvalue weighted by molar-refractivity contribution is -0.687. The molecule has 0 spiro atoms. The Bertz CT molecular complexity index is 2370. The van der Waals surface area contributed by atoms with Crippen LogP contribution in [0.15, 0.2) is 70.7 Å². The topological polar surface area (TPSA) is 253 Å². The summed E-state index contributed by atoms with van der Waals surface area (Å²) in [4.78, 5) is 66.8. The van der Waals surface area contributed by atoms with Gasteiger partial charge in [-0.3, -0.25) is 24.7 Å². The molecular formula is C37H39FN10O8S2. The maximum absolute atomic E-state index is 15.3. The van der Waals surface area contributed by atoms with Gasteiger partial charge in [0, 0.05) is 40.1 Å². The number of amidine groups is 1. The number of fused-ring (bicyclic) bond motifs is 2. The number of nitrogens with two attached hydrogens (primary N) is 1. The highest BCUT2D eigenvalue weighted by atomic mass is 32.2. The fourth-order valence-corrected chi connectivity index (χ4v) is 8.46. The number of nitrogen functional groups attached to an aromatic ring is 1. The monoisotopic (exact) mass is 834 g/mol. The number of carboxylic acid groups (broad SMARTS) is 2. The van der Waals surface area contributed by atoms with Gasteiger partial charge >= 0.3 is 5.97 Å². The van der Waals surface area contributed by atoms with Crippen LogP contribution >= 0.6 is 23.1 Å². The Morgan fingerprint density at radius 2 is 2.02 bits per heavy atom. The van der Waals surface area contributed by atoms with Crippen LogP contribution in [0.25, 0.3) is 10.9 Å². The number of anilines is 1. The number of carboxylic acids is 2. The molecule has 4 aromatic rings. The van der Waals surface area contributed by atoms with Crippen molar-refractivity contribution in [3.63, 3.8) is 0 Å². The van der Waals surface area contributed by atoms with E-state index in [0.29, 0.717) is 16.7 Å². The molecule has 21 heteroatoms. The van der Waals surface area contributed by atoms with E-state index < -0.39 is 52.3 Å². The summed E-state index contributed by atoms with van der Waals surface area (Å²) in [5, 5.41) is 41.3. The number of hydroxylamine groups is 1. The summed E-state index contributed by atoms with van der Waals surface area (Å²) >= 11 is 2.26. The van der Waals surface area contributed by atoms with Gasteiger partial charge in [-0.1, -0.05) is 17.3 Å². The summed E-state index contributed by atoms with van der Waals surface area (Å²) < 4.78 is 18.9. The molecule has 3 aliphatic rings.